The van der Waals surface area contributed by atoms with Gasteiger partial charge in [0.05, 0.1) is 31.3 Å². The van der Waals surface area contributed by atoms with Crippen molar-refractivity contribution in [3.8, 4) is 28.5 Å². The maximum Gasteiger partial charge on any atom is 0.251 e. The Hall–Kier alpha value is -3.69. The van der Waals surface area contributed by atoms with Crippen LogP contribution in [-0.2, 0) is 0 Å². The van der Waals surface area contributed by atoms with Gasteiger partial charge in [0, 0.05) is 11.1 Å². The lowest BCUT2D eigenvalue weighted by Crippen LogP contribution is -2.30. The molecule has 0 atom stereocenters. The van der Waals surface area contributed by atoms with E-state index < -0.39 is 17.5 Å². The van der Waals surface area contributed by atoms with Crippen LogP contribution in [0.3, 0.4) is 0 Å². The van der Waals surface area contributed by atoms with E-state index in [1.54, 1.807) is 18.2 Å². The number of rotatable bonds is 10. The number of amides is 1. The first kappa shape index (κ1) is 25.4. The summed E-state index contributed by atoms with van der Waals surface area (Å²) in [7, 11) is 2.93. The van der Waals surface area contributed by atoms with Crippen LogP contribution in [0.25, 0.3) is 11.3 Å². The van der Waals surface area contributed by atoms with Crippen LogP contribution in [0.1, 0.15) is 33.7 Å². The van der Waals surface area contributed by atoms with Gasteiger partial charge in [0.2, 0.25) is 0 Å². The Labute approximate surface area is 212 Å². The molecule has 1 amide bonds. The number of Topliss-reactive ketones (excluding diaryl/α,β-unsaturated/α-hetero) is 1. The summed E-state index contributed by atoms with van der Waals surface area (Å²) in [4.78, 5) is 29.8. The molecule has 0 bridgehead atoms. The molecule has 3 N–H and O–H groups in total. The summed E-state index contributed by atoms with van der Waals surface area (Å²) < 4.78 is 30.0. The Kier molecular flexibility index (Phi) is 7.42. The average Bonchev–Trinajstić information content (AvgIpc) is 3.64. The van der Waals surface area contributed by atoms with Crippen molar-refractivity contribution in [2.75, 3.05) is 27.4 Å². The maximum absolute atomic E-state index is 13.6. The second kappa shape index (κ2) is 10.5. The van der Waals surface area contributed by atoms with Crippen LogP contribution in [0.4, 0.5) is 4.39 Å². The Morgan fingerprint density at radius 1 is 1.06 bits per heavy atom. The second-order valence-electron chi connectivity index (χ2n) is 8.50. The van der Waals surface area contributed by atoms with Gasteiger partial charge >= 0.3 is 0 Å². The highest BCUT2D eigenvalue weighted by Crippen LogP contribution is 2.35. The van der Waals surface area contributed by atoms with Gasteiger partial charge in [0.15, 0.2) is 17.3 Å². The third kappa shape index (κ3) is 5.75. The molecule has 0 unspecified atom stereocenters. The number of hydrogen-bond acceptors (Lipinski definition) is 7. The molecule has 2 aromatic carbocycles. The molecule has 4 rings (SSSR count). The number of ketones is 1. The predicted octanol–water partition coefficient (Wildman–Crippen LogP) is 4.04. The second-order valence-corrected chi connectivity index (χ2v) is 8.91. The van der Waals surface area contributed by atoms with Crippen LogP contribution in [0.15, 0.2) is 48.5 Å². The number of aromatic nitrogens is 1. The summed E-state index contributed by atoms with van der Waals surface area (Å²) in [5.74, 6) is -0.211. The number of nitrogens with two attached hydrogens (primary N) is 1. The van der Waals surface area contributed by atoms with Gasteiger partial charge in [-0.05, 0) is 61.4 Å². The third-order valence-electron chi connectivity index (χ3n) is 5.80. The minimum absolute atomic E-state index is 0.0812. The zero-order chi connectivity index (χ0) is 25.9. The Morgan fingerprint density at radius 2 is 1.78 bits per heavy atom. The standard InChI is InChI=1S/C26H25ClFN3O5/c1-34-22-8-6-19(31-24(22)15-3-5-18(28)17(27)11-15)20(32)13-30-25(33)16-4-7-21(23(12-16)35-2)36-14-26(29)9-10-26/h3-8,11-12H,9-10,13-14,29H2,1-2H3,(H,30,33). The fraction of sp³-hybridized carbons (Fsp3) is 0.269. The number of methoxy groups -OCH3 is 2. The normalized spacial score (nSPS) is 13.6. The van der Waals surface area contributed by atoms with Crippen LogP contribution in [-0.4, -0.2) is 49.6 Å². The molecule has 0 spiro atoms. The quantitative estimate of drug-likeness (QED) is 0.393. The lowest BCUT2D eigenvalue weighted by molar-refractivity contribution is 0.0902. The number of benzene rings is 2. The van der Waals surface area contributed by atoms with Crippen molar-refractivity contribution in [3.63, 3.8) is 0 Å². The summed E-state index contributed by atoms with van der Waals surface area (Å²) in [5, 5.41) is 2.51. The third-order valence-corrected chi connectivity index (χ3v) is 6.09. The van der Waals surface area contributed by atoms with E-state index in [0.717, 1.165) is 12.8 Å². The van der Waals surface area contributed by atoms with E-state index in [9.17, 15) is 14.0 Å². The monoisotopic (exact) mass is 513 g/mol. The van der Waals surface area contributed by atoms with Crippen LogP contribution in [0.2, 0.25) is 5.02 Å². The number of nitrogens with zero attached hydrogens (tertiary/aromatic N) is 1. The topological polar surface area (TPSA) is 113 Å². The van der Waals surface area contributed by atoms with E-state index in [4.69, 9.17) is 31.5 Å². The molecule has 1 fully saturated rings. The summed E-state index contributed by atoms with van der Waals surface area (Å²) in [6, 6.07) is 11.9. The fourth-order valence-electron chi connectivity index (χ4n) is 3.42. The van der Waals surface area contributed by atoms with Crippen molar-refractivity contribution in [3.05, 3.63) is 70.6 Å². The molecule has 1 saturated carbocycles. The van der Waals surface area contributed by atoms with Gasteiger partial charge in [-0.3, -0.25) is 9.59 Å². The SMILES string of the molecule is COc1cc(C(=O)NCC(=O)c2ccc(OC)c(-c3ccc(F)c(Cl)c3)n2)ccc1OCC1(N)CC1. The van der Waals surface area contributed by atoms with Gasteiger partial charge < -0.3 is 25.3 Å². The number of hydrogen-bond donors (Lipinski definition) is 2. The highest BCUT2D eigenvalue weighted by Gasteiger charge is 2.39. The molecule has 1 heterocycles. The van der Waals surface area contributed by atoms with E-state index >= 15 is 0 Å². The minimum atomic E-state index is -0.572. The van der Waals surface area contributed by atoms with Gasteiger partial charge in [-0.2, -0.15) is 0 Å². The molecule has 10 heteroatoms. The lowest BCUT2D eigenvalue weighted by atomic mass is 10.1. The first-order valence-corrected chi connectivity index (χ1v) is 11.5. The number of halogens is 2. The number of carbonyl (C=O) groups excluding carboxylic acids is 2. The molecule has 3 aromatic rings. The summed E-state index contributed by atoms with van der Waals surface area (Å²) in [6.07, 6.45) is 1.82. The molecule has 0 aliphatic heterocycles. The number of carbonyl (C=O) groups is 2. The van der Waals surface area contributed by atoms with E-state index in [2.05, 4.69) is 10.3 Å². The number of pyridine rings is 1. The molecular formula is C26H25ClFN3O5. The van der Waals surface area contributed by atoms with Crippen molar-refractivity contribution in [2.24, 2.45) is 5.73 Å². The van der Waals surface area contributed by atoms with Gasteiger partial charge in [0.1, 0.15) is 29.6 Å². The van der Waals surface area contributed by atoms with Gasteiger partial charge in [0.25, 0.3) is 5.91 Å². The van der Waals surface area contributed by atoms with E-state index in [0.29, 0.717) is 40.7 Å². The van der Waals surface area contributed by atoms with E-state index in [1.807, 2.05) is 0 Å². The predicted molar refractivity (Wildman–Crippen MR) is 132 cm³/mol. The molecule has 36 heavy (non-hydrogen) atoms. The number of nitrogens with one attached hydrogen (secondary N) is 1. The van der Waals surface area contributed by atoms with Crippen LogP contribution >= 0.6 is 11.6 Å². The van der Waals surface area contributed by atoms with Gasteiger partial charge in [-0.25, -0.2) is 9.37 Å². The fourth-order valence-corrected chi connectivity index (χ4v) is 3.60. The molecule has 1 aliphatic carbocycles. The Morgan fingerprint density at radius 3 is 2.44 bits per heavy atom. The van der Waals surface area contributed by atoms with Crippen molar-refractivity contribution in [1.82, 2.24) is 10.3 Å². The maximum atomic E-state index is 13.6. The van der Waals surface area contributed by atoms with Crippen molar-refractivity contribution in [2.45, 2.75) is 18.4 Å². The highest BCUT2D eigenvalue weighted by atomic mass is 35.5. The molecule has 1 aromatic heterocycles. The van der Waals surface area contributed by atoms with E-state index in [-0.39, 0.29) is 22.8 Å². The molecule has 188 valence electrons. The van der Waals surface area contributed by atoms with Crippen LogP contribution < -0.4 is 25.3 Å². The zero-order valence-electron chi connectivity index (χ0n) is 19.8. The van der Waals surface area contributed by atoms with Gasteiger partial charge in [-0.15, -0.1) is 0 Å². The Balaban J connectivity index is 1.44. The number of ether oxygens (including phenoxy) is 3. The molecular weight excluding hydrogens is 489 g/mol. The van der Waals surface area contributed by atoms with Crippen LogP contribution in [0.5, 0.6) is 17.2 Å². The summed E-state index contributed by atoms with van der Waals surface area (Å²) in [6.45, 7) is 0.0718. The smallest absolute Gasteiger partial charge is 0.251 e. The zero-order valence-corrected chi connectivity index (χ0v) is 20.5. The Bertz CT molecular complexity index is 1310. The van der Waals surface area contributed by atoms with E-state index in [1.165, 1.54) is 44.6 Å². The first-order chi connectivity index (χ1) is 17.2. The van der Waals surface area contributed by atoms with Crippen molar-refractivity contribution >= 4 is 23.3 Å². The first-order valence-electron chi connectivity index (χ1n) is 11.1. The largest absolute Gasteiger partial charge is 0.494 e. The van der Waals surface area contributed by atoms with Crippen molar-refractivity contribution in [1.29, 1.82) is 0 Å². The van der Waals surface area contributed by atoms with Crippen molar-refractivity contribution < 1.29 is 28.2 Å². The highest BCUT2D eigenvalue weighted by molar-refractivity contribution is 6.31. The molecule has 0 radical (unpaired) electrons. The summed E-state index contributed by atoms with van der Waals surface area (Å²) >= 11 is 5.90. The van der Waals surface area contributed by atoms with Crippen LogP contribution in [0, 0.1) is 5.82 Å². The summed E-state index contributed by atoms with van der Waals surface area (Å²) in [5.41, 5.74) is 6.96. The molecule has 0 saturated heterocycles. The lowest BCUT2D eigenvalue weighted by Gasteiger charge is -2.15. The van der Waals surface area contributed by atoms with Gasteiger partial charge in [-0.1, -0.05) is 11.6 Å². The average molecular weight is 514 g/mol. The molecule has 1 aliphatic rings. The minimum Gasteiger partial charge on any atom is -0.494 e. The molecule has 8 nitrogen and oxygen atoms in total.